The van der Waals surface area contributed by atoms with Crippen LogP contribution in [-0.2, 0) is 4.74 Å². The van der Waals surface area contributed by atoms with Crippen molar-refractivity contribution >= 4 is 17.0 Å². The molecule has 1 heterocycles. The number of carbonyl (C=O) groups is 1. The van der Waals surface area contributed by atoms with Crippen molar-refractivity contribution in [2.75, 3.05) is 13.7 Å². The van der Waals surface area contributed by atoms with E-state index in [1.165, 1.54) is 17.7 Å². The minimum Gasteiger partial charge on any atom is -0.494 e. The van der Waals surface area contributed by atoms with Crippen LogP contribution in [-0.4, -0.2) is 24.4 Å². The van der Waals surface area contributed by atoms with Crippen molar-refractivity contribution in [3.8, 4) is 5.75 Å². The number of fused-ring (bicyclic) bond motifs is 1. The lowest BCUT2D eigenvalue weighted by molar-refractivity contribution is 0.148. The van der Waals surface area contributed by atoms with Gasteiger partial charge in [0.2, 0.25) is 0 Å². The van der Waals surface area contributed by atoms with E-state index >= 15 is 0 Å². The molecular weight excluding hydrogens is 249 g/mol. The molecule has 2 rings (SSSR count). The van der Waals surface area contributed by atoms with Crippen LogP contribution in [0.5, 0.6) is 5.75 Å². The smallest absolute Gasteiger partial charge is 0.418 e. The van der Waals surface area contributed by atoms with Gasteiger partial charge in [0.1, 0.15) is 0 Å². The number of halogens is 1. The van der Waals surface area contributed by atoms with Crippen LogP contribution in [0.2, 0.25) is 0 Å². The quantitative estimate of drug-likeness (QED) is 0.852. The van der Waals surface area contributed by atoms with Crippen LogP contribution < -0.4 is 4.74 Å². The van der Waals surface area contributed by atoms with E-state index in [0.717, 1.165) is 6.42 Å². The molecule has 0 radical (unpaired) electrons. The van der Waals surface area contributed by atoms with Gasteiger partial charge < -0.3 is 9.47 Å². The molecule has 2 aromatic rings. The average molecular weight is 265 g/mol. The van der Waals surface area contributed by atoms with Crippen LogP contribution in [0.4, 0.5) is 9.18 Å². The minimum absolute atomic E-state index is 0.159. The van der Waals surface area contributed by atoms with Crippen molar-refractivity contribution in [1.29, 1.82) is 0 Å². The third-order valence-electron chi connectivity index (χ3n) is 2.90. The summed E-state index contributed by atoms with van der Waals surface area (Å²) >= 11 is 0. The molecule has 0 unspecified atom stereocenters. The number of ether oxygens (including phenoxy) is 2. The van der Waals surface area contributed by atoms with Gasteiger partial charge in [-0.05, 0) is 31.5 Å². The molecule has 1 aromatic carbocycles. The standard InChI is InChI=1S/C14H16FNO3/c1-4-7-19-14(17)16-9(2)8-10-11(16)5-6-12(18-3)13(10)15/h5-6,8H,4,7H2,1-3H3. The number of aryl methyl sites for hydroxylation is 1. The Bertz CT molecular complexity index is 619. The summed E-state index contributed by atoms with van der Waals surface area (Å²) in [7, 11) is 1.41. The Morgan fingerprint density at radius 3 is 2.79 bits per heavy atom. The van der Waals surface area contributed by atoms with Crippen LogP contribution in [0.3, 0.4) is 0 Å². The normalized spacial score (nSPS) is 10.7. The molecule has 0 N–H and O–H groups in total. The summed E-state index contributed by atoms with van der Waals surface area (Å²) in [6, 6.07) is 4.76. The SMILES string of the molecule is CCCOC(=O)n1c(C)cc2c(F)c(OC)ccc21. The first-order valence-corrected chi connectivity index (χ1v) is 6.11. The van der Waals surface area contributed by atoms with Crippen LogP contribution in [0.15, 0.2) is 18.2 Å². The lowest BCUT2D eigenvalue weighted by Crippen LogP contribution is -2.15. The molecule has 1 aromatic heterocycles. The highest BCUT2D eigenvalue weighted by atomic mass is 19.1. The maximum atomic E-state index is 14.1. The topological polar surface area (TPSA) is 40.5 Å². The van der Waals surface area contributed by atoms with Crippen molar-refractivity contribution in [1.82, 2.24) is 4.57 Å². The number of nitrogens with zero attached hydrogens (tertiary/aromatic N) is 1. The number of rotatable bonds is 3. The monoisotopic (exact) mass is 265 g/mol. The number of hydrogen-bond acceptors (Lipinski definition) is 3. The van der Waals surface area contributed by atoms with E-state index in [0.29, 0.717) is 23.2 Å². The summed E-state index contributed by atoms with van der Waals surface area (Å²) < 4.78 is 25.5. The Labute approximate surface area is 110 Å². The van der Waals surface area contributed by atoms with E-state index in [2.05, 4.69) is 0 Å². The van der Waals surface area contributed by atoms with Gasteiger partial charge in [0, 0.05) is 11.1 Å². The predicted molar refractivity (Wildman–Crippen MR) is 70.2 cm³/mol. The van der Waals surface area contributed by atoms with Crippen LogP contribution in [0.1, 0.15) is 19.0 Å². The van der Waals surface area contributed by atoms with E-state index in [-0.39, 0.29) is 5.75 Å². The van der Waals surface area contributed by atoms with Crippen molar-refractivity contribution in [3.63, 3.8) is 0 Å². The molecule has 0 aliphatic heterocycles. The van der Waals surface area contributed by atoms with E-state index < -0.39 is 11.9 Å². The third-order valence-corrected chi connectivity index (χ3v) is 2.90. The maximum Gasteiger partial charge on any atom is 0.418 e. The molecular formula is C14H16FNO3. The zero-order chi connectivity index (χ0) is 14.0. The molecule has 0 fully saturated rings. The highest BCUT2D eigenvalue weighted by Crippen LogP contribution is 2.28. The van der Waals surface area contributed by atoms with Crippen LogP contribution in [0, 0.1) is 12.7 Å². The van der Waals surface area contributed by atoms with E-state index in [9.17, 15) is 9.18 Å². The summed E-state index contributed by atoms with van der Waals surface area (Å²) in [4.78, 5) is 12.0. The summed E-state index contributed by atoms with van der Waals surface area (Å²) in [5.41, 5.74) is 1.11. The lowest BCUT2D eigenvalue weighted by Gasteiger charge is -2.08. The summed E-state index contributed by atoms with van der Waals surface area (Å²) in [6.07, 6.45) is 0.255. The fourth-order valence-corrected chi connectivity index (χ4v) is 2.01. The molecule has 0 aliphatic rings. The Hall–Kier alpha value is -2.04. The Morgan fingerprint density at radius 1 is 1.42 bits per heavy atom. The number of methoxy groups -OCH3 is 1. The second-order valence-electron chi connectivity index (χ2n) is 4.25. The van der Waals surface area contributed by atoms with Gasteiger partial charge in [-0.1, -0.05) is 6.92 Å². The van der Waals surface area contributed by atoms with Gasteiger partial charge in [-0.2, -0.15) is 0 Å². The number of carbonyl (C=O) groups excluding carboxylic acids is 1. The summed E-state index contributed by atoms with van der Waals surface area (Å²) in [5.74, 6) is -0.309. The predicted octanol–water partition coefficient (Wildman–Crippen LogP) is 3.49. The van der Waals surface area contributed by atoms with E-state index in [1.807, 2.05) is 6.92 Å². The Kier molecular flexibility index (Phi) is 3.74. The molecule has 19 heavy (non-hydrogen) atoms. The highest BCUT2D eigenvalue weighted by molar-refractivity contribution is 5.92. The van der Waals surface area contributed by atoms with Crippen molar-refractivity contribution < 1.29 is 18.7 Å². The van der Waals surface area contributed by atoms with Gasteiger partial charge in [0.25, 0.3) is 0 Å². The summed E-state index contributed by atoms with van der Waals surface area (Å²) in [6.45, 7) is 3.99. The zero-order valence-corrected chi connectivity index (χ0v) is 11.2. The number of aromatic nitrogens is 1. The van der Waals surface area contributed by atoms with Gasteiger partial charge >= 0.3 is 6.09 Å². The highest BCUT2D eigenvalue weighted by Gasteiger charge is 2.18. The molecule has 0 aliphatic carbocycles. The molecule has 0 bridgehead atoms. The molecule has 0 atom stereocenters. The van der Waals surface area contributed by atoms with Crippen molar-refractivity contribution in [3.05, 3.63) is 29.7 Å². The molecule has 0 amide bonds. The molecule has 4 nitrogen and oxygen atoms in total. The summed E-state index contributed by atoms with van der Waals surface area (Å²) in [5, 5.41) is 0.352. The minimum atomic E-state index is -0.487. The van der Waals surface area contributed by atoms with Gasteiger partial charge in [0.05, 0.1) is 19.2 Å². The molecule has 0 spiro atoms. The number of benzene rings is 1. The first-order chi connectivity index (χ1) is 9.10. The Balaban J connectivity index is 2.54. The van der Waals surface area contributed by atoms with Crippen LogP contribution >= 0.6 is 0 Å². The number of hydrogen-bond donors (Lipinski definition) is 0. The molecule has 5 heteroatoms. The van der Waals surface area contributed by atoms with E-state index in [1.54, 1.807) is 19.1 Å². The lowest BCUT2D eigenvalue weighted by atomic mass is 10.2. The second-order valence-corrected chi connectivity index (χ2v) is 4.25. The first kappa shape index (κ1) is 13.4. The fourth-order valence-electron chi connectivity index (χ4n) is 2.01. The maximum absolute atomic E-state index is 14.1. The average Bonchev–Trinajstić information content (AvgIpc) is 2.74. The molecule has 0 saturated heterocycles. The first-order valence-electron chi connectivity index (χ1n) is 6.11. The molecule has 102 valence electrons. The fraction of sp³-hybridized carbons (Fsp3) is 0.357. The van der Waals surface area contributed by atoms with Gasteiger partial charge in [-0.25, -0.2) is 13.8 Å². The molecule has 0 saturated carbocycles. The largest absolute Gasteiger partial charge is 0.494 e. The second kappa shape index (κ2) is 5.30. The van der Waals surface area contributed by atoms with Gasteiger partial charge in [-0.15, -0.1) is 0 Å². The third kappa shape index (κ3) is 2.28. The van der Waals surface area contributed by atoms with Gasteiger partial charge in [0.15, 0.2) is 11.6 Å². The van der Waals surface area contributed by atoms with E-state index in [4.69, 9.17) is 9.47 Å². The van der Waals surface area contributed by atoms with Crippen molar-refractivity contribution in [2.24, 2.45) is 0 Å². The Morgan fingerprint density at radius 2 is 2.16 bits per heavy atom. The van der Waals surface area contributed by atoms with Gasteiger partial charge in [-0.3, -0.25) is 0 Å². The van der Waals surface area contributed by atoms with Crippen LogP contribution in [0.25, 0.3) is 10.9 Å². The van der Waals surface area contributed by atoms with Crippen molar-refractivity contribution in [2.45, 2.75) is 20.3 Å². The zero-order valence-electron chi connectivity index (χ0n) is 11.2.